The number of aromatic hydroxyl groups is 2. The molecule has 0 fully saturated rings. The predicted molar refractivity (Wildman–Crippen MR) is 98.3 cm³/mol. The topological polar surface area (TPSA) is 61.7 Å². The molecule has 25 heavy (non-hydrogen) atoms. The number of nitrogens with one attached hydrogen (secondary N) is 1. The van der Waals surface area contributed by atoms with Crippen LogP contribution in [0.3, 0.4) is 0 Å². The van der Waals surface area contributed by atoms with Crippen molar-refractivity contribution >= 4 is 5.69 Å². The molecular formula is C21H23NO3. The summed E-state index contributed by atoms with van der Waals surface area (Å²) in [5, 5.41) is 23.5. The lowest BCUT2D eigenvalue weighted by Gasteiger charge is -2.38. The molecule has 4 heteroatoms. The quantitative estimate of drug-likeness (QED) is 0.710. The van der Waals surface area contributed by atoms with E-state index in [1.54, 1.807) is 12.1 Å². The van der Waals surface area contributed by atoms with E-state index in [4.69, 9.17) is 4.74 Å². The molecule has 0 spiro atoms. The van der Waals surface area contributed by atoms with Crippen molar-refractivity contribution in [3.8, 4) is 17.2 Å². The molecule has 0 radical (unpaired) electrons. The van der Waals surface area contributed by atoms with Crippen molar-refractivity contribution < 1.29 is 14.9 Å². The van der Waals surface area contributed by atoms with E-state index in [9.17, 15) is 10.2 Å². The molecule has 0 amide bonds. The van der Waals surface area contributed by atoms with Crippen molar-refractivity contribution in [2.24, 2.45) is 5.92 Å². The maximum absolute atomic E-state index is 10.3. The Labute approximate surface area is 147 Å². The predicted octanol–water partition coefficient (Wildman–Crippen LogP) is 4.71. The van der Waals surface area contributed by atoms with E-state index in [0.717, 1.165) is 23.4 Å². The average molecular weight is 337 g/mol. The van der Waals surface area contributed by atoms with Crippen LogP contribution >= 0.6 is 0 Å². The third-order valence-corrected chi connectivity index (χ3v) is 5.06. The molecule has 3 unspecified atom stereocenters. The molecule has 0 aromatic heterocycles. The van der Waals surface area contributed by atoms with E-state index in [0.29, 0.717) is 11.8 Å². The Morgan fingerprint density at radius 2 is 1.92 bits per heavy atom. The lowest BCUT2D eigenvalue weighted by molar-refractivity contribution is 0.242. The first-order valence-corrected chi connectivity index (χ1v) is 8.78. The Morgan fingerprint density at radius 3 is 2.68 bits per heavy atom. The zero-order valence-corrected chi connectivity index (χ0v) is 14.4. The Balaban J connectivity index is 1.73. The van der Waals surface area contributed by atoms with Crippen LogP contribution in [-0.2, 0) is 0 Å². The third kappa shape index (κ3) is 2.82. The number of benzene rings is 2. The summed E-state index contributed by atoms with van der Waals surface area (Å²) in [7, 11) is 0. The van der Waals surface area contributed by atoms with Crippen molar-refractivity contribution in [2.45, 2.75) is 38.3 Å². The van der Waals surface area contributed by atoms with Crippen molar-refractivity contribution in [2.75, 3.05) is 5.32 Å². The number of rotatable bonds is 3. The van der Waals surface area contributed by atoms with Crippen LogP contribution in [0.15, 0.2) is 48.6 Å². The van der Waals surface area contributed by atoms with Crippen molar-refractivity contribution in [3.05, 3.63) is 59.7 Å². The van der Waals surface area contributed by atoms with Gasteiger partial charge in [-0.05, 0) is 62.1 Å². The third-order valence-electron chi connectivity index (χ3n) is 5.06. The van der Waals surface area contributed by atoms with Crippen LogP contribution in [0.25, 0.3) is 0 Å². The minimum absolute atomic E-state index is 0.00460. The number of fused-ring (bicyclic) bond motifs is 3. The summed E-state index contributed by atoms with van der Waals surface area (Å²) >= 11 is 0. The molecule has 4 nitrogen and oxygen atoms in total. The Bertz CT molecular complexity index is 828. The van der Waals surface area contributed by atoms with Gasteiger partial charge in [-0.3, -0.25) is 0 Å². The van der Waals surface area contributed by atoms with Crippen molar-refractivity contribution in [3.63, 3.8) is 0 Å². The first-order valence-electron chi connectivity index (χ1n) is 8.78. The lowest BCUT2D eigenvalue weighted by atomic mass is 9.77. The van der Waals surface area contributed by atoms with Crippen LogP contribution in [0, 0.1) is 5.92 Å². The Morgan fingerprint density at radius 1 is 1.08 bits per heavy atom. The first-order chi connectivity index (χ1) is 12.0. The molecule has 3 atom stereocenters. The van der Waals surface area contributed by atoms with Gasteiger partial charge in [-0.1, -0.05) is 12.2 Å². The number of hydrogen-bond donors (Lipinski definition) is 3. The van der Waals surface area contributed by atoms with Gasteiger partial charge in [0.1, 0.15) is 17.2 Å². The van der Waals surface area contributed by atoms with Gasteiger partial charge in [0, 0.05) is 23.2 Å². The molecule has 0 bridgehead atoms. The van der Waals surface area contributed by atoms with Crippen molar-refractivity contribution in [1.82, 2.24) is 0 Å². The Hall–Kier alpha value is -2.62. The van der Waals surface area contributed by atoms with Gasteiger partial charge in [0.05, 0.1) is 12.1 Å². The second kappa shape index (κ2) is 6.03. The van der Waals surface area contributed by atoms with Gasteiger partial charge in [0.15, 0.2) is 0 Å². The summed E-state index contributed by atoms with van der Waals surface area (Å²) in [6.45, 7) is 4.05. The molecule has 1 aliphatic carbocycles. The largest absolute Gasteiger partial charge is 0.508 e. The zero-order chi connectivity index (χ0) is 17.6. The molecule has 4 rings (SSSR count). The average Bonchev–Trinajstić information content (AvgIpc) is 3.04. The minimum atomic E-state index is 0.00460. The molecule has 2 aromatic carbocycles. The van der Waals surface area contributed by atoms with E-state index in [-0.39, 0.29) is 23.6 Å². The summed E-state index contributed by atoms with van der Waals surface area (Å²) < 4.78 is 5.85. The SMILES string of the molecule is CC(C)Oc1ccc2c(c1)C1C=CCC1C(c1ccc(O)cc1O)N2. The van der Waals surface area contributed by atoms with Crippen LogP contribution < -0.4 is 10.1 Å². The summed E-state index contributed by atoms with van der Waals surface area (Å²) in [4.78, 5) is 0. The second-order valence-electron chi connectivity index (χ2n) is 7.13. The molecule has 1 heterocycles. The maximum Gasteiger partial charge on any atom is 0.124 e. The van der Waals surface area contributed by atoms with Crippen LogP contribution in [0.4, 0.5) is 5.69 Å². The fourth-order valence-electron chi connectivity index (χ4n) is 4.02. The van der Waals surface area contributed by atoms with Gasteiger partial charge >= 0.3 is 0 Å². The Kier molecular flexibility index (Phi) is 3.83. The standard InChI is InChI=1S/C21H23NO3/c1-12(2)25-14-7-9-19-18(11-14)15-4-3-5-16(15)21(22-19)17-8-6-13(23)10-20(17)24/h3-4,6-12,15-16,21-24H,5H2,1-2H3. The first kappa shape index (κ1) is 15.9. The monoisotopic (exact) mass is 337 g/mol. The van der Waals surface area contributed by atoms with E-state index in [2.05, 4.69) is 29.6 Å². The summed E-state index contributed by atoms with van der Waals surface area (Å²) in [5.41, 5.74) is 3.14. The van der Waals surface area contributed by atoms with Gasteiger partial charge in [0.2, 0.25) is 0 Å². The lowest BCUT2D eigenvalue weighted by Crippen LogP contribution is -2.29. The number of ether oxygens (including phenoxy) is 1. The minimum Gasteiger partial charge on any atom is -0.508 e. The van der Waals surface area contributed by atoms with Crippen LogP contribution in [0.5, 0.6) is 17.2 Å². The molecule has 2 aliphatic rings. The van der Waals surface area contributed by atoms with Crippen LogP contribution in [0.2, 0.25) is 0 Å². The molecule has 2 aromatic rings. The zero-order valence-electron chi connectivity index (χ0n) is 14.4. The number of phenols is 2. The van der Waals surface area contributed by atoms with Crippen LogP contribution in [0.1, 0.15) is 43.4 Å². The highest BCUT2D eigenvalue weighted by molar-refractivity contribution is 5.62. The molecule has 0 saturated heterocycles. The summed E-state index contributed by atoms with van der Waals surface area (Å²) in [6, 6.07) is 11.0. The normalized spacial score (nSPS) is 23.9. The van der Waals surface area contributed by atoms with E-state index >= 15 is 0 Å². The maximum atomic E-state index is 10.3. The summed E-state index contributed by atoms with van der Waals surface area (Å²) in [6.07, 6.45) is 5.57. The van der Waals surface area contributed by atoms with E-state index in [1.165, 1.54) is 11.6 Å². The number of phenolic OH excluding ortho intramolecular Hbond substituents is 2. The van der Waals surface area contributed by atoms with Crippen LogP contribution in [-0.4, -0.2) is 16.3 Å². The van der Waals surface area contributed by atoms with Gasteiger partial charge in [-0.15, -0.1) is 0 Å². The van der Waals surface area contributed by atoms with Crippen molar-refractivity contribution in [1.29, 1.82) is 0 Å². The molecule has 0 saturated carbocycles. The van der Waals surface area contributed by atoms with E-state index in [1.807, 2.05) is 19.9 Å². The number of hydrogen-bond acceptors (Lipinski definition) is 4. The fourth-order valence-corrected chi connectivity index (χ4v) is 4.02. The smallest absolute Gasteiger partial charge is 0.124 e. The van der Waals surface area contributed by atoms with Gasteiger partial charge < -0.3 is 20.3 Å². The molecule has 1 aliphatic heterocycles. The van der Waals surface area contributed by atoms with E-state index < -0.39 is 0 Å². The fraction of sp³-hybridized carbons (Fsp3) is 0.333. The van der Waals surface area contributed by atoms with Gasteiger partial charge in [-0.2, -0.15) is 0 Å². The second-order valence-corrected chi connectivity index (χ2v) is 7.13. The number of allylic oxidation sites excluding steroid dienone is 2. The molecular weight excluding hydrogens is 314 g/mol. The summed E-state index contributed by atoms with van der Waals surface area (Å²) in [5.74, 6) is 1.73. The highest BCUT2D eigenvalue weighted by atomic mass is 16.5. The van der Waals surface area contributed by atoms with Gasteiger partial charge in [-0.25, -0.2) is 0 Å². The highest BCUT2D eigenvalue weighted by Gasteiger charge is 2.39. The highest BCUT2D eigenvalue weighted by Crippen LogP contribution is 2.51. The molecule has 130 valence electrons. The molecule has 3 N–H and O–H groups in total. The van der Waals surface area contributed by atoms with Gasteiger partial charge in [0.25, 0.3) is 0 Å². The number of anilines is 1.